The number of carbonyl (C=O) groups is 1. The lowest BCUT2D eigenvalue weighted by molar-refractivity contribution is 0.0505. The summed E-state index contributed by atoms with van der Waals surface area (Å²) >= 11 is 0. The summed E-state index contributed by atoms with van der Waals surface area (Å²) in [7, 11) is 0. The van der Waals surface area contributed by atoms with Crippen LogP contribution in [0.2, 0.25) is 0 Å². The number of esters is 1. The fraction of sp³-hybridized carbons (Fsp3) is 0.188. The average molecular weight is 240 g/mol. The quantitative estimate of drug-likeness (QED) is 0.757. The monoisotopic (exact) mass is 240 g/mol. The van der Waals surface area contributed by atoms with Crippen molar-refractivity contribution in [3.63, 3.8) is 0 Å². The van der Waals surface area contributed by atoms with Crippen LogP contribution in [0.15, 0.2) is 54.6 Å². The molecule has 0 heterocycles. The van der Waals surface area contributed by atoms with Gasteiger partial charge in [-0.05, 0) is 29.7 Å². The topological polar surface area (TPSA) is 26.3 Å². The Kier molecular flexibility index (Phi) is 4.13. The van der Waals surface area contributed by atoms with Crippen molar-refractivity contribution in [2.45, 2.75) is 13.3 Å². The highest BCUT2D eigenvalue weighted by Crippen LogP contribution is 2.20. The molecule has 0 aliphatic carbocycles. The molecule has 2 aromatic rings. The van der Waals surface area contributed by atoms with Gasteiger partial charge in [-0.25, -0.2) is 4.79 Å². The van der Waals surface area contributed by atoms with E-state index < -0.39 is 0 Å². The summed E-state index contributed by atoms with van der Waals surface area (Å²) in [5, 5.41) is 0. The smallest absolute Gasteiger partial charge is 0.338 e. The van der Waals surface area contributed by atoms with Crippen LogP contribution in [0.5, 0.6) is 0 Å². The van der Waals surface area contributed by atoms with E-state index >= 15 is 0 Å². The summed E-state index contributed by atoms with van der Waals surface area (Å²) < 4.78 is 5.13. The van der Waals surface area contributed by atoms with Crippen LogP contribution < -0.4 is 0 Å². The van der Waals surface area contributed by atoms with Crippen molar-refractivity contribution in [1.29, 1.82) is 0 Å². The predicted octanol–water partition coefficient (Wildman–Crippen LogP) is 3.92. The average Bonchev–Trinajstić information content (AvgIpc) is 2.46. The minimum atomic E-state index is -0.255. The highest BCUT2D eigenvalue weighted by atomic mass is 16.5. The molecule has 2 aromatic carbocycles. The fourth-order valence-corrected chi connectivity index (χ4v) is 1.73. The van der Waals surface area contributed by atoms with Crippen LogP contribution in [0, 0.1) is 0 Å². The highest BCUT2D eigenvalue weighted by Gasteiger charge is 2.07. The number of carbonyl (C=O) groups excluding carboxylic acids is 1. The summed E-state index contributed by atoms with van der Waals surface area (Å²) in [6.45, 7) is 2.45. The maximum absolute atomic E-state index is 11.8. The van der Waals surface area contributed by atoms with Crippen LogP contribution in [0.4, 0.5) is 0 Å². The molecule has 2 rings (SSSR count). The Bertz CT molecular complexity index is 518. The van der Waals surface area contributed by atoms with Crippen molar-refractivity contribution in [2.75, 3.05) is 6.61 Å². The number of hydrogen-bond acceptors (Lipinski definition) is 2. The first-order valence-electron chi connectivity index (χ1n) is 6.14. The molecular weight excluding hydrogens is 224 g/mol. The second-order valence-electron chi connectivity index (χ2n) is 4.08. The molecule has 0 amide bonds. The van der Waals surface area contributed by atoms with E-state index in [9.17, 15) is 4.79 Å². The lowest BCUT2D eigenvalue weighted by Crippen LogP contribution is -2.05. The maximum Gasteiger partial charge on any atom is 0.338 e. The summed E-state index contributed by atoms with van der Waals surface area (Å²) in [6.07, 6.45) is 0.837. The Hall–Kier alpha value is -2.09. The summed E-state index contributed by atoms with van der Waals surface area (Å²) in [5.41, 5.74) is 2.73. The molecule has 0 atom stereocenters. The van der Waals surface area contributed by atoms with E-state index in [0.717, 1.165) is 17.5 Å². The molecule has 2 heteroatoms. The van der Waals surface area contributed by atoms with Crippen molar-refractivity contribution in [2.24, 2.45) is 0 Å². The second kappa shape index (κ2) is 6.01. The van der Waals surface area contributed by atoms with Gasteiger partial charge >= 0.3 is 5.97 Å². The molecule has 0 radical (unpaired) electrons. The van der Waals surface area contributed by atoms with Crippen molar-refractivity contribution < 1.29 is 9.53 Å². The predicted molar refractivity (Wildman–Crippen MR) is 72.5 cm³/mol. The Morgan fingerprint density at radius 3 is 2.44 bits per heavy atom. The fourth-order valence-electron chi connectivity index (χ4n) is 1.73. The van der Waals surface area contributed by atoms with Crippen molar-refractivity contribution in [3.8, 4) is 11.1 Å². The van der Waals surface area contributed by atoms with Gasteiger partial charge in [0, 0.05) is 0 Å². The summed E-state index contributed by atoms with van der Waals surface area (Å²) in [4.78, 5) is 11.8. The van der Waals surface area contributed by atoms with E-state index in [0.29, 0.717) is 12.2 Å². The first-order chi connectivity index (χ1) is 8.81. The van der Waals surface area contributed by atoms with Gasteiger partial charge in [-0.3, -0.25) is 0 Å². The Morgan fingerprint density at radius 1 is 1.00 bits per heavy atom. The molecular formula is C16H16O2. The van der Waals surface area contributed by atoms with Gasteiger partial charge in [-0.1, -0.05) is 49.4 Å². The molecule has 0 unspecified atom stereocenters. The largest absolute Gasteiger partial charge is 0.462 e. The van der Waals surface area contributed by atoms with Gasteiger partial charge < -0.3 is 4.74 Å². The SMILES string of the molecule is CCCOC(=O)c1cccc(-c2ccccc2)c1. The molecule has 2 nitrogen and oxygen atoms in total. The van der Waals surface area contributed by atoms with Gasteiger partial charge in [-0.15, -0.1) is 0 Å². The molecule has 0 aromatic heterocycles. The summed E-state index contributed by atoms with van der Waals surface area (Å²) in [6, 6.07) is 17.5. The minimum Gasteiger partial charge on any atom is -0.462 e. The third-order valence-corrected chi connectivity index (χ3v) is 2.64. The molecule has 0 fully saturated rings. The highest BCUT2D eigenvalue weighted by molar-refractivity contribution is 5.91. The normalized spacial score (nSPS) is 10.1. The Morgan fingerprint density at radius 2 is 1.72 bits per heavy atom. The third-order valence-electron chi connectivity index (χ3n) is 2.64. The first-order valence-corrected chi connectivity index (χ1v) is 6.14. The van der Waals surface area contributed by atoms with Crippen LogP contribution in [-0.2, 0) is 4.74 Å². The van der Waals surface area contributed by atoms with Gasteiger partial charge in [0.05, 0.1) is 12.2 Å². The first kappa shape index (κ1) is 12.4. The van der Waals surface area contributed by atoms with Gasteiger partial charge in [-0.2, -0.15) is 0 Å². The Balaban J connectivity index is 2.23. The van der Waals surface area contributed by atoms with Crippen LogP contribution in [-0.4, -0.2) is 12.6 Å². The second-order valence-corrected chi connectivity index (χ2v) is 4.08. The number of ether oxygens (including phenoxy) is 1. The van der Waals surface area contributed by atoms with Crippen LogP contribution in [0.3, 0.4) is 0 Å². The molecule has 0 spiro atoms. The summed E-state index contributed by atoms with van der Waals surface area (Å²) in [5.74, 6) is -0.255. The van der Waals surface area contributed by atoms with Gasteiger partial charge in [0.15, 0.2) is 0 Å². The molecule has 0 aliphatic heterocycles. The lowest BCUT2D eigenvalue weighted by atomic mass is 10.0. The van der Waals surface area contributed by atoms with Gasteiger partial charge in [0.1, 0.15) is 0 Å². The number of benzene rings is 2. The standard InChI is InChI=1S/C16H16O2/c1-2-11-18-16(17)15-10-6-9-14(12-15)13-7-4-3-5-8-13/h3-10,12H,2,11H2,1H3. The van der Waals surface area contributed by atoms with E-state index in [1.54, 1.807) is 6.07 Å². The van der Waals surface area contributed by atoms with E-state index in [4.69, 9.17) is 4.74 Å². The number of hydrogen-bond donors (Lipinski definition) is 0. The molecule has 18 heavy (non-hydrogen) atoms. The molecule has 0 bridgehead atoms. The Labute approximate surface area is 107 Å². The zero-order valence-electron chi connectivity index (χ0n) is 10.4. The van der Waals surface area contributed by atoms with Crippen LogP contribution in [0.1, 0.15) is 23.7 Å². The van der Waals surface area contributed by atoms with E-state index in [2.05, 4.69) is 0 Å². The van der Waals surface area contributed by atoms with Crippen LogP contribution in [0.25, 0.3) is 11.1 Å². The van der Waals surface area contributed by atoms with Crippen LogP contribution >= 0.6 is 0 Å². The van der Waals surface area contributed by atoms with Crippen molar-refractivity contribution >= 4 is 5.97 Å². The van der Waals surface area contributed by atoms with E-state index in [-0.39, 0.29) is 5.97 Å². The van der Waals surface area contributed by atoms with E-state index in [1.807, 2.05) is 55.5 Å². The van der Waals surface area contributed by atoms with Crippen molar-refractivity contribution in [1.82, 2.24) is 0 Å². The van der Waals surface area contributed by atoms with E-state index in [1.165, 1.54) is 0 Å². The zero-order chi connectivity index (χ0) is 12.8. The maximum atomic E-state index is 11.8. The third kappa shape index (κ3) is 2.98. The molecule has 0 N–H and O–H groups in total. The molecule has 0 saturated heterocycles. The molecule has 0 saturated carbocycles. The zero-order valence-corrected chi connectivity index (χ0v) is 10.4. The van der Waals surface area contributed by atoms with Gasteiger partial charge in [0.2, 0.25) is 0 Å². The lowest BCUT2D eigenvalue weighted by Gasteiger charge is -2.05. The van der Waals surface area contributed by atoms with Gasteiger partial charge in [0.25, 0.3) is 0 Å². The minimum absolute atomic E-state index is 0.255. The van der Waals surface area contributed by atoms with Crippen molar-refractivity contribution in [3.05, 3.63) is 60.2 Å². The number of rotatable bonds is 4. The molecule has 92 valence electrons. The molecule has 0 aliphatic rings.